The van der Waals surface area contributed by atoms with Crippen LogP contribution in [0.3, 0.4) is 0 Å². The largest absolute Gasteiger partial charge is 0.311 e. The summed E-state index contributed by atoms with van der Waals surface area (Å²) in [4.78, 5) is 4.63. The van der Waals surface area contributed by atoms with Crippen LogP contribution in [0, 0.1) is 0 Å². The molecule has 0 fully saturated rings. The second-order valence-electron chi connectivity index (χ2n) is 14.2. The first-order chi connectivity index (χ1) is 28.3. The van der Waals surface area contributed by atoms with Crippen molar-refractivity contribution in [3.8, 4) is 27.9 Å². The van der Waals surface area contributed by atoms with E-state index in [9.17, 15) is 0 Å². The van der Waals surface area contributed by atoms with E-state index < -0.39 is 0 Å². The Morgan fingerprint density at radius 2 is 0.509 bits per heavy atom. The SMILES string of the molecule is c1ccc(-c2ccc(N(c3ccc(-c4ccc(-n5c6ccccc6c6ccccc65)cc4)cc3)c3ccc(N(c4ccccc4)c4ccccc4)cc3)cc2)cc1. The van der Waals surface area contributed by atoms with Gasteiger partial charge in [0.1, 0.15) is 0 Å². The number of aromatic nitrogens is 1. The molecular weight excluding hydrogens is 691 g/mol. The fourth-order valence-corrected chi connectivity index (χ4v) is 8.04. The zero-order chi connectivity index (χ0) is 38.0. The van der Waals surface area contributed by atoms with Crippen LogP contribution in [0.2, 0.25) is 0 Å². The Balaban J connectivity index is 0.999. The average Bonchev–Trinajstić information content (AvgIpc) is 3.63. The predicted octanol–water partition coefficient (Wildman–Crippen LogP) is 15.1. The van der Waals surface area contributed by atoms with Crippen LogP contribution in [-0.2, 0) is 0 Å². The molecular formula is C54H39N3. The molecule has 0 atom stereocenters. The standard InChI is InChI=1S/C54H39N3/c1-4-14-40(15-5-1)41-24-30-46(31-25-41)56(49-38-36-48(37-39-49)55(44-16-6-2-7-17-44)45-18-8-3-9-19-45)47-32-26-42(27-33-47)43-28-34-50(35-29-43)57-53-22-12-10-20-51(53)52-21-11-13-23-54(52)57/h1-39H. The Morgan fingerprint density at radius 1 is 0.228 bits per heavy atom. The highest BCUT2D eigenvalue weighted by Crippen LogP contribution is 2.40. The molecule has 0 radical (unpaired) electrons. The highest BCUT2D eigenvalue weighted by molar-refractivity contribution is 6.09. The number of hydrogen-bond donors (Lipinski definition) is 0. The fourth-order valence-electron chi connectivity index (χ4n) is 8.04. The summed E-state index contributed by atoms with van der Waals surface area (Å²) < 4.78 is 2.36. The third-order valence-electron chi connectivity index (χ3n) is 10.8. The van der Waals surface area contributed by atoms with Gasteiger partial charge < -0.3 is 14.4 Å². The van der Waals surface area contributed by atoms with Gasteiger partial charge in [-0.3, -0.25) is 0 Å². The third kappa shape index (κ3) is 6.52. The summed E-state index contributed by atoms with van der Waals surface area (Å²) in [6, 6.07) is 84.6. The van der Waals surface area contributed by atoms with Gasteiger partial charge in [0, 0.05) is 50.6 Å². The van der Waals surface area contributed by atoms with Crippen LogP contribution >= 0.6 is 0 Å². The van der Waals surface area contributed by atoms with Gasteiger partial charge in [0.25, 0.3) is 0 Å². The van der Waals surface area contributed by atoms with Gasteiger partial charge >= 0.3 is 0 Å². The van der Waals surface area contributed by atoms with Crippen LogP contribution in [-0.4, -0.2) is 4.57 Å². The molecule has 270 valence electrons. The van der Waals surface area contributed by atoms with Crippen LogP contribution in [0.5, 0.6) is 0 Å². The van der Waals surface area contributed by atoms with E-state index in [4.69, 9.17) is 0 Å². The molecule has 1 heterocycles. The molecule has 0 aliphatic rings. The van der Waals surface area contributed by atoms with E-state index in [2.05, 4.69) is 251 Å². The van der Waals surface area contributed by atoms with Crippen LogP contribution in [0.1, 0.15) is 0 Å². The molecule has 3 heteroatoms. The van der Waals surface area contributed by atoms with E-state index in [1.54, 1.807) is 0 Å². The van der Waals surface area contributed by atoms with Crippen molar-refractivity contribution in [1.82, 2.24) is 4.57 Å². The van der Waals surface area contributed by atoms with Gasteiger partial charge in [0.2, 0.25) is 0 Å². The Labute approximate surface area is 333 Å². The maximum atomic E-state index is 2.36. The van der Waals surface area contributed by atoms with E-state index >= 15 is 0 Å². The number of hydrogen-bond acceptors (Lipinski definition) is 2. The average molecular weight is 730 g/mol. The summed E-state index contributed by atoms with van der Waals surface area (Å²) in [5.41, 5.74) is 14.9. The summed E-state index contributed by atoms with van der Waals surface area (Å²) in [7, 11) is 0. The molecule has 0 aliphatic heterocycles. The molecule has 0 unspecified atom stereocenters. The third-order valence-corrected chi connectivity index (χ3v) is 10.8. The van der Waals surface area contributed by atoms with Crippen molar-refractivity contribution >= 4 is 55.9 Å². The van der Waals surface area contributed by atoms with Crippen molar-refractivity contribution in [3.63, 3.8) is 0 Å². The lowest BCUT2D eigenvalue weighted by Crippen LogP contribution is -2.12. The summed E-state index contributed by atoms with van der Waals surface area (Å²) in [6.07, 6.45) is 0. The van der Waals surface area contributed by atoms with Crippen molar-refractivity contribution in [2.45, 2.75) is 0 Å². The van der Waals surface area contributed by atoms with Crippen LogP contribution in [0.4, 0.5) is 34.1 Å². The highest BCUT2D eigenvalue weighted by Gasteiger charge is 2.17. The molecule has 9 aromatic carbocycles. The first kappa shape index (κ1) is 33.9. The molecule has 1 aromatic heterocycles. The monoisotopic (exact) mass is 729 g/mol. The molecule has 0 N–H and O–H groups in total. The molecule has 10 rings (SSSR count). The Bertz CT molecular complexity index is 2810. The maximum absolute atomic E-state index is 2.36. The van der Waals surface area contributed by atoms with E-state index in [0.717, 1.165) is 39.8 Å². The number of para-hydroxylation sites is 4. The minimum atomic E-state index is 1.08. The molecule has 0 aliphatic carbocycles. The summed E-state index contributed by atoms with van der Waals surface area (Å²) in [6.45, 7) is 0. The van der Waals surface area contributed by atoms with Crippen molar-refractivity contribution in [1.29, 1.82) is 0 Å². The normalized spacial score (nSPS) is 11.2. The van der Waals surface area contributed by atoms with E-state index in [-0.39, 0.29) is 0 Å². The summed E-state index contributed by atoms with van der Waals surface area (Å²) >= 11 is 0. The van der Waals surface area contributed by atoms with Gasteiger partial charge in [-0.1, -0.05) is 140 Å². The van der Waals surface area contributed by atoms with Gasteiger partial charge in [-0.05, 0) is 119 Å². The van der Waals surface area contributed by atoms with Gasteiger partial charge in [0.15, 0.2) is 0 Å². The second-order valence-corrected chi connectivity index (χ2v) is 14.2. The first-order valence-electron chi connectivity index (χ1n) is 19.4. The van der Waals surface area contributed by atoms with Gasteiger partial charge in [-0.15, -0.1) is 0 Å². The zero-order valence-electron chi connectivity index (χ0n) is 31.4. The first-order valence-corrected chi connectivity index (χ1v) is 19.4. The van der Waals surface area contributed by atoms with Gasteiger partial charge in [-0.2, -0.15) is 0 Å². The van der Waals surface area contributed by atoms with E-state index in [0.29, 0.717) is 0 Å². The molecule has 10 aromatic rings. The highest BCUT2D eigenvalue weighted by atomic mass is 15.2. The van der Waals surface area contributed by atoms with Crippen molar-refractivity contribution in [2.24, 2.45) is 0 Å². The fraction of sp³-hybridized carbons (Fsp3) is 0. The quantitative estimate of drug-likeness (QED) is 0.147. The number of nitrogens with zero attached hydrogens (tertiary/aromatic N) is 3. The molecule has 0 amide bonds. The molecule has 3 nitrogen and oxygen atoms in total. The summed E-state index contributed by atoms with van der Waals surface area (Å²) in [5, 5.41) is 2.54. The van der Waals surface area contributed by atoms with Crippen LogP contribution < -0.4 is 9.80 Å². The van der Waals surface area contributed by atoms with Gasteiger partial charge in [-0.25, -0.2) is 0 Å². The second kappa shape index (κ2) is 14.9. The molecule has 0 spiro atoms. The smallest absolute Gasteiger partial charge is 0.0541 e. The van der Waals surface area contributed by atoms with Crippen molar-refractivity contribution in [2.75, 3.05) is 9.80 Å². The zero-order valence-corrected chi connectivity index (χ0v) is 31.4. The lowest BCUT2D eigenvalue weighted by molar-refractivity contribution is 1.18. The predicted molar refractivity (Wildman–Crippen MR) is 241 cm³/mol. The Kier molecular flexibility index (Phi) is 8.86. The van der Waals surface area contributed by atoms with Gasteiger partial charge in [0.05, 0.1) is 11.0 Å². The lowest BCUT2D eigenvalue weighted by atomic mass is 10.0. The maximum Gasteiger partial charge on any atom is 0.0541 e. The minimum absolute atomic E-state index is 1.08. The number of fused-ring (bicyclic) bond motifs is 3. The van der Waals surface area contributed by atoms with E-state index in [1.807, 2.05) is 0 Å². The van der Waals surface area contributed by atoms with Crippen LogP contribution in [0.25, 0.3) is 49.7 Å². The Morgan fingerprint density at radius 3 is 0.912 bits per heavy atom. The minimum Gasteiger partial charge on any atom is -0.311 e. The topological polar surface area (TPSA) is 11.4 Å². The van der Waals surface area contributed by atoms with Crippen molar-refractivity contribution < 1.29 is 0 Å². The lowest BCUT2D eigenvalue weighted by Gasteiger charge is -2.28. The van der Waals surface area contributed by atoms with E-state index in [1.165, 1.54) is 44.1 Å². The molecule has 0 saturated carbocycles. The van der Waals surface area contributed by atoms with Crippen molar-refractivity contribution in [3.05, 3.63) is 237 Å². The Hall–Kier alpha value is -7.62. The molecule has 0 saturated heterocycles. The number of benzene rings is 9. The summed E-state index contributed by atoms with van der Waals surface area (Å²) in [5.74, 6) is 0. The molecule has 57 heavy (non-hydrogen) atoms. The molecule has 0 bridgehead atoms. The van der Waals surface area contributed by atoms with Crippen LogP contribution in [0.15, 0.2) is 237 Å². The number of rotatable bonds is 9. The number of anilines is 6.